The van der Waals surface area contributed by atoms with E-state index < -0.39 is 0 Å². The van der Waals surface area contributed by atoms with Crippen LogP contribution in [0.4, 0.5) is 0 Å². The zero-order valence-corrected chi connectivity index (χ0v) is 7.12. The lowest BCUT2D eigenvalue weighted by atomic mass is 10.0. The third-order valence-electron chi connectivity index (χ3n) is 2.23. The van der Waals surface area contributed by atoms with Crippen molar-refractivity contribution >= 4 is 0 Å². The lowest BCUT2D eigenvalue weighted by Crippen LogP contribution is -2.20. The molecule has 0 fully saturated rings. The summed E-state index contributed by atoms with van der Waals surface area (Å²) in [5.41, 5.74) is 9.22. The summed E-state index contributed by atoms with van der Waals surface area (Å²) >= 11 is 0. The molecule has 2 heteroatoms. The highest BCUT2D eigenvalue weighted by atomic mass is 15.1. The van der Waals surface area contributed by atoms with E-state index in [0.29, 0.717) is 0 Å². The summed E-state index contributed by atoms with van der Waals surface area (Å²) in [6.45, 7) is 0. The van der Waals surface area contributed by atoms with Gasteiger partial charge in [0.25, 0.3) is 0 Å². The molecule has 1 heterocycles. The molecule has 2 N–H and O–H groups in total. The van der Waals surface area contributed by atoms with Crippen molar-refractivity contribution in [3.05, 3.63) is 47.5 Å². The Bertz CT molecular complexity index is 319. The van der Waals surface area contributed by atoms with Gasteiger partial charge in [0.1, 0.15) is 0 Å². The Morgan fingerprint density at radius 2 is 2.08 bits per heavy atom. The predicted octanol–water partition coefficient (Wildman–Crippen LogP) is 1.50. The van der Waals surface area contributed by atoms with Crippen LogP contribution in [-0.2, 0) is 0 Å². The van der Waals surface area contributed by atoms with Crippen molar-refractivity contribution in [2.45, 2.75) is 6.42 Å². The first kappa shape index (κ1) is 7.22. The fourth-order valence-corrected chi connectivity index (χ4v) is 1.47. The molecule has 0 aromatic carbocycles. The van der Waals surface area contributed by atoms with Gasteiger partial charge in [-0.15, -0.1) is 0 Å². The van der Waals surface area contributed by atoms with Crippen molar-refractivity contribution in [2.75, 3.05) is 7.05 Å². The van der Waals surface area contributed by atoms with Gasteiger partial charge in [0.05, 0.1) is 5.70 Å². The summed E-state index contributed by atoms with van der Waals surface area (Å²) in [5.74, 6) is 0. The summed E-state index contributed by atoms with van der Waals surface area (Å²) in [4.78, 5) is 2.07. The molecule has 2 nitrogen and oxygen atoms in total. The Hall–Kier alpha value is -1.44. The fourth-order valence-electron chi connectivity index (χ4n) is 1.47. The second kappa shape index (κ2) is 2.55. The minimum atomic E-state index is 0.876. The molecule has 0 saturated heterocycles. The Morgan fingerprint density at radius 1 is 1.33 bits per heavy atom. The average Bonchev–Trinajstić information content (AvgIpc) is 2.24. The van der Waals surface area contributed by atoms with Crippen LogP contribution in [0.3, 0.4) is 0 Å². The first-order valence-corrected chi connectivity index (χ1v) is 4.04. The molecule has 62 valence electrons. The predicted molar refractivity (Wildman–Crippen MR) is 50.0 cm³/mol. The molecule has 0 radical (unpaired) electrons. The third-order valence-corrected chi connectivity index (χ3v) is 2.23. The van der Waals surface area contributed by atoms with Crippen LogP contribution in [0.5, 0.6) is 0 Å². The van der Waals surface area contributed by atoms with Gasteiger partial charge in [0.2, 0.25) is 0 Å². The van der Waals surface area contributed by atoms with Gasteiger partial charge >= 0.3 is 0 Å². The van der Waals surface area contributed by atoms with Gasteiger partial charge in [-0.05, 0) is 11.6 Å². The Labute approximate surface area is 72.4 Å². The number of hydrogen-bond donors (Lipinski definition) is 1. The van der Waals surface area contributed by atoms with Crippen molar-refractivity contribution in [3.63, 3.8) is 0 Å². The molecule has 0 aromatic rings. The van der Waals surface area contributed by atoms with E-state index in [9.17, 15) is 0 Å². The Kier molecular flexibility index (Phi) is 1.54. The fraction of sp³-hybridized carbons (Fsp3) is 0.200. The summed E-state index contributed by atoms with van der Waals surface area (Å²) in [7, 11) is 2.02. The molecule has 0 atom stereocenters. The van der Waals surface area contributed by atoms with E-state index in [1.807, 2.05) is 25.4 Å². The van der Waals surface area contributed by atoms with E-state index in [-0.39, 0.29) is 0 Å². The quantitative estimate of drug-likeness (QED) is 0.582. The van der Waals surface area contributed by atoms with Crippen molar-refractivity contribution < 1.29 is 0 Å². The molecule has 2 rings (SSSR count). The van der Waals surface area contributed by atoms with Gasteiger partial charge in [0.15, 0.2) is 0 Å². The van der Waals surface area contributed by atoms with Gasteiger partial charge in [-0.1, -0.05) is 18.2 Å². The molecule has 1 aliphatic heterocycles. The maximum atomic E-state index is 5.84. The molecule has 2 aliphatic rings. The summed E-state index contributed by atoms with van der Waals surface area (Å²) in [6, 6.07) is 0. The topological polar surface area (TPSA) is 29.3 Å². The van der Waals surface area contributed by atoms with Crippen molar-refractivity contribution in [1.82, 2.24) is 4.90 Å². The van der Waals surface area contributed by atoms with E-state index in [1.54, 1.807) is 0 Å². The van der Waals surface area contributed by atoms with Gasteiger partial charge < -0.3 is 10.6 Å². The molecule has 1 aliphatic carbocycles. The molecule has 0 saturated carbocycles. The van der Waals surface area contributed by atoms with Crippen LogP contribution in [0.25, 0.3) is 0 Å². The molecular weight excluding hydrogens is 148 g/mol. The maximum Gasteiger partial charge on any atom is 0.0515 e. The lowest BCUT2D eigenvalue weighted by Gasteiger charge is -2.25. The van der Waals surface area contributed by atoms with E-state index in [2.05, 4.69) is 17.1 Å². The molecule has 0 unspecified atom stereocenters. The van der Waals surface area contributed by atoms with Crippen LogP contribution >= 0.6 is 0 Å². The van der Waals surface area contributed by atoms with E-state index >= 15 is 0 Å². The average molecular weight is 160 g/mol. The van der Waals surface area contributed by atoms with Crippen LogP contribution in [0.2, 0.25) is 0 Å². The Morgan fingerprint density at radius 3 is 2.92 bits per heavy atom. The first-order chi connectivity index (χ1) is 5.77. The number of allylic oxidation sites excluding steroid dienone is 6. The van der Waals surface area contributed by atoms with E-state index in [1.165, 1.54) is 11.3 Å². The first-order valence-electron chi connectivity index (χ1n) is 4.04. The highest BCUT2D eigenvalue weighted by Crippen LogP contribution is 2.26. The smallest absolute Gasteiger partial charge is 0.0515 e. The van der Waals surface area contributed by atoms with Crippen molar-refractivity contribution in [2.24, 2.45) is 5.73 Å². The zero-order valence-electron chi connectivity index (χ0n) is 7.12. The highest BCUT2D eigenvalue weighted by molar-refractivity contribution is 5.42. The van der Waals surface area contributed by atoms with Gasteiger partial charge in [-0.3, -0.25) is 0 Å². The largest absolute Gasteiger partial charge is 0.397 e. The maximum absolute atomic E-state index is 5.84. The van der Waals surface area contributed by atoms with Crippen LogP contribution in [0.1, 0.15) is 6.42 Å². The highest BCUT2D eigenvalue weighted by Gasteiger charge is 2.14. The minimum absolute atomic E-state index is 0.876. The number of rotatable bonds is 0. The van der Waals surface area contributed by atoms with Crippen LogP contribution in [-0.4, -0.2) is 11.9 Å². The zero-order chi connectivity index (χ0) is 8.55. The van der Waals surface area contributed by atoms with Crippen molar-refractivity contribution in [1.29, 1.82) is 0 Å². The SMILES string of the molecule is CN1C=C(N)C2=CC=CC=C1C2. The number of hydrogen-bond acceptors (Lipinski definition) is 2. The van der Waals surface area contributed by atoms with Gasteiger partial charge in [0, 0.05) is 25.4 Å². The Balaban J connectivity index is 2.50. The van der Waals surface area contributed by atoms with Crippen LogP contribution < -0.4 is 5.73 Å². The molecular formula is C10H12N2. The second-order valence-electron chi connectivity index (χ2n) is 3.11. The summed E-state index contributed by atoms with van der Waals surface area (Å²) in [6.07, 6.45) is 11.2. The summed E-state index contributed by atoms with van der Waals surface area (Å²) < 4.78 is 0. The molecule has 12 heavy (non-hydrogen) atoms. The number of nitrogens with zero attached hydrogens (tertiary/aromatic N) is 1. The monoisotopic (exact) mass is 160 g/mol. The molecule has 0 amide bonds. The van der Waals surface area contributed by atoms with Crippen LogP contribution in [0.15, 0.2) is 47.5 Å². The molecule has 0 aromatic heterocycles. The number of fused-ring (bicyclic) bond motifs is 2. The minimum Gasteiger partial charge on any atom is -0.397 e. The van der Waals surface area contributed by atoms with Crippen LogP contribution in [0, 0.1) is 0 Å². The van der Waals surface area contributed by atoms with E-state index in [0.717, 1.165) is 12.1 Å². The number of nitrogens with two attached hydrogens (primary N) is 1. The second-order valence-corrected chi connectivity index (χ2v) is 3.11. The van der Waals surface area contributed by atoms with Gasteiger partial charge in [-0.25, -0.2) is 0 Å². The normalized spacial score (nSPS) is 21.1. The lowest BCUT2D eigenvalue weighted by molar-refractivity contribution is 0.531. The molecule has 2 bridgehead atoms. The third kappa shape index (κ3) is 1.05. The standard InChI is InChI=1S/C10H12N2/c1-12-7-10(11)8-4-2-3-5-9(12)6-8/h2-5,7H,6,11H2,1H3. The van der Waals surface area contributed by atoms with Gasteiger partial charge in [-0.2, -0.15) is 0 Å². The van der Waals surface area contributed by atoms with E-state index in [4.69, 9.17) is 5.73 Å². The molecule has 0 spiro atoms. The van der Waals surface area contributed by atoms with Crippen molar-refractivity contribution in [3.8, 4) is 0 Å². The summed E-state index contributed by atoms with van der Waals surface area (Å²) in [5, 5.41) is 0.